The largest absolute Gasteiger partial charge is 0.467 e. The molecule has 0 spiro atoms. The van der Waals surface area contributed by atoms with Crippen LogP contribution in [-0.4, -0.2) is 33.6 Å². The Labute approximate surface area is 120 Å². The number of aryl methyl sites for hydroxylation is 1. The van der Waals surface area contributed by atoms with Gasteiger partial charge in [-0.2, -0.15) is 15.0 Å². The average molecular weight is 297 g/mol. The van der Waals surface area contributed by atoms with Gasteiger partial charge in [-0.05, 0) is 25.1 Å². The van der Waals surface area contributed by atoms with Gasteiger partial charge in [-0.3, -0.25) is 0 Å². The van der Waals surface area contributed by atoms with Gasteiger partial charge in [0.2, 0.25) is 11.1 Å². The molecule has 0 atom stereocenters. The van der Waals surface area contributed by atoms with Gasteiger partial charge in [-0.1, -0.05) is 6.92 Å². The maximum Gasteiger partial charge on any atom is 0.321 e. The van der Waals surface area contributed by atoms with E-state index in [1.54, 1.807) is 18.4 Å². The summed E-state index contributed by atoms with van der Waals surface area (Å²) in [5.74, 6) is 0.532. The number of thiazole rings is 1. The van der Waals surface area contributed by atoms with Crippen LogP contribution in [0.3, 0.4) is 0 Å². The van der Waals surface area contributed by atoms with Crippen molar-refractivity contribution < 1.29 is 4.74 Å². The van der Waals surface area contributed by atoms with Gasteiger partial charge in [0.05, 0.1) is 7.11 Å². The summed E-state index contributed by atoms with van der Waals surface area (Å²) in [4.78, 5) is 17.1. The Kier molecular flexibility index (Phi) is 4.92. The molecular weight excluding hydrogens is 282 g/mol. The molecule has 2 aromatic heterocycles. The summed E-state index contributed by atoms with van der Waals surface area (Å²) in [7, 11) is 1.54. The number of nitrogens with one attached hydrogen (secondary N) is 1. The summed E-state index contributed by atoms with van der Waals surface area (Å²) >= 11 is 2.98. The van der Waals surface area contributed by atoms with Crippen molar-refractivity contribution in [2.45, 2.75) is 29.8 Å². The fourth-order valence-corrected chi connectivity index (χ4v) is 2.93. The number of aromatic nitrogens is 4. The number of methoxy groups -OCH3 is 1. The Hall–Kier alpha value is -1.41. The van der Waals surface area contributed by atoms with E-state index in [0.29, 0.717) is 17.1 Å². The van der Waals surface area contributed by atoms with Crippen LogP contribution in [0.1, 0.15) is 19.0 Å². The van der Waals surface area contributed by atoms with E-state index in [2.05, 4.69) is 32.2 Å². The van der Waals surface area contributed by atoms with Crippen molar-refractivity contribution in [1.29, 1.82) is 0 Å². The highest BCUT2D eigenvalue weighted by Crippen LogP contribution is 2.28. The standard InChI is InChI=1S/C11H15N5OS2/c1-4-5-12-8-14-9(17-3)16-10(15-8)19-11-13-7(2)6-18-11/h6H,4-5H2,1-3H3,(H,12,14,15,16). The smallest absolute Gasteiger partial charge is 0.321 e. The van der Waals surface area contributed by atoms with Crippen molar-refractivity contribution in [1.82, 2.24) is 19.9 Å². The molecule has 0 unspecified atom stereocenters. The highest BCUT2D eigenvalue weighted by molar-refractivity contribution is 8.00. The third kappa shape index (κ3) is 4.03. The predicted octanol–water partition coefficient (Wildman–Crippen LogP) is 2.62. The number of nitrogens with zero attached hydrogens (tertiary/aromatic N) is 4. The average Bonchev–Trinajstić information content (AvgIpc) is 2.81. The van der Waals surface area contributed by atoms with Crippen LogP contribution in [0, 0.1) is 6.92 Å². The van der Waals surface area contributed by atoms with Crippen molar-refractivity contribution in [3.05, 3.63) is 11.1 Å². The van der Waals surface area contributed by atoms with E-state index in [-0.39, 0.29) is 0 Å². The van der Waals surface area contributed by atoms with Crippen molar-refractivity contribution in [2.24, 2.45) is 0 Å². The monoisotopic (exact) mass is 297 g/mol. The highest BCUT2D eigenvalue weighted by atomic mass is 32.2. The Morgan fingerprint density at radius 3 is 2.79 bits per heavy atom. The van der Waals surface area contributed by atoms with E-state index in [1.807, 2.05) is 12.3 Å². The topological polar surface area (TPSA) is 72.8 Å². The molecule has 0 saturated carbocycles. The number of hydrogen-bond donors (Lipinski definition) is 1. The summed E-state index contributed by atoms with van der Waals surface area (Å²) in [5.41, 5.74) is 0.998. The Morgan fingerprint density at radius 2 is 2.16 bits per heavy atom. The zero-order valence-electron chi connectivity index (χ0n) is 11.0. The fourth-order valence-electron chi connectivity index (χ4n) is 1.25. The van der Waals surface area contributed by atoms with Crippen LogP contribution in [-0.2, 0) is 0 Å². The summed E-state index contributed by atoms with van der Waals surface area (Å²) < 4.78 is 6.00. The first-order valence-electron chi connectivity index (χ1n) is 5.85. The van der Waals surface area contributed by atoms with Gasteiger partial charge in [0.25, 0.3) is 0 Å². The quantitative estimate of drug-likeness (QED) is 0.878. The summed E-state index contributed by atoms with van der Waals surface area (Å²) in [6.45, 7) is 4.86. The molecular formula is C11H15N5OS2. The molecule has 0 radical (unpaired) electrons. The van der Waals surface area contributed by atoms with E-state index in [1.165, 1.54) is 11.8 Å². The molecule has 2 heterocycles. The van der Waals surface area contributed by atoms with E-state index in [9.17, 15) is 0 Å². The number of hydrogen-bond acceptors (Lipinski definition) is 8. The summed E-state index contributed by atoms with van der Waals surface area (Å²) in [6, 6.07) is 0.310. The molecule has 1 N–H and O–H groups in total. The van der Waals surface area contributed by atoms with E-state index in [0.717, 1.165) is 23.0 Å². The summed E-state index contributed by atoms with van der Waals surface area (Å²) in [5, 5.41) is 5.71. The van der Waals surface area contributed by atoms with Gasteiger partial charge >= 0.3 is 6.01 Å². The first kappa shape index (κ1) is 14.0. The van der Waals surface area contributed by atoms with E-state index in [4.69, 9.17) is 4.74 Å². The third-order valence-electron chi connectivity index (χ3n) is 2.09. The van der Waals surface area contributed by atoms with Crippen molar-refractivity contribution in [3.63, 3.8) is 0 Å². The molecule has 0 bridgehead atoms. The normalized spacial score (nSPS) is 10.5. The molecule has 0 aliphatic heterocycles. The van der Waals surface area contributed by atoms with Crippen LogP contribution in [0.4, 0.5) is 5.95 Å². The van der Waals surface area contributed by atoms with Gasteiger partial charge in [-0.25, -0.2) is 4.98 Å². The van der Waals surface area contributed by atoms with Gasteiger partial charge in [0.1, 0.15) is 0 Å². The van der Waals surface area contributed by atoms with Gasteiger partial charge in [0, 0.05) is 17.6 Å². The molecule has 0 aromatic carbocycles. The van der Waals surface area contributed by atoms with Crippen molar-refractivity contribution in [3.8, 4) is 6.01 Å². The molecule has 0 saturated heterocycles. The number of rotatable bonds is 6. The SMILES string of the molecule is CCCNc1nc(OC)nc(Sc2nc(C)cs2)n1. The first-order chi connectivity index (χ1) is 9.21. The fraction of sp³-hybridized carbons (Fsp3) is 0.455. The third-order valence-corrected chi connectivity index (χ3v) is 4.01. The minimum atomic E-state index is 0.310. The second kappa shape index (κ2) is 6.67. The lowest BCUT2D eigenvalue weighted by Gasteiger charge is -2.06. The number of anilines is 1. The molecule has 6 nitrogen and oxygen atoms in total. The lowest BCUT2D eigenvalue weighted by atomic mass is 10.5. The van der Waals surface area contributed by atoms with Crippen molar-refractivity contribution >= 4 is 29.0 Å². The molecule has 102 valence electrons. The minimum Gasteiger partial charge on any atom is -0.467 e. The van der Waals surface area contributed by atoms with Crippen LogP contribution >= 0.6 is 23.1 Å². The Balaban J connectivity index is 2.18. The van der Waals surface area contributed by atoms with E-state index >= 15 is 0 Å². The maximum absolute atomic E-state index is 5.09. The lowest BCUT2D eigenvalue weighted by Crippen LogP contribution is -2.07. The second-order valence-electron chi connectivity index (χ2n) is 3.71. The van der Waals surface area contributed by atoms with Crippen molar-refractivity contribution in [2.75, 3.05) is 19.0 Å². The van der Waals surface area contributed by atoms with Crippen LogP contribution in [0.15, 0.2) is 14.9 Å². The molecule has 19 heavy (non-hydrogen) atoms. The molecule has 0 aliphatic rings. The van der Waals surface area contributed by atoms with Gasteiger partial charge in [-0.15, -0.1) is 11.3 Å². The van der Waals surface area contributed by atoms with Crippen LogP contribution in [0.5, 0.6) is 6.01 Å². The van der Waals surface area contributed by atoms with Crippen LogP contribution in [0.25, 0.3) is 0 Å². The molecule has 2 rings (SSSR count). The van der Waals surface area contributed by atoms with Crippen LogP contribution < -0.4 is 10.1 Å². The number of ether oxygens (including phenoxy) is 1. The molecule has 8 heteroatoms. The molecule has 2 aromatic rings. The first-order valence-corrected chi connectivity index (χ1v) is 7.54. The Morgan fingerprint density at radius 1 is 1.32 bits per heavy atom. The zero-order chi connectivity index (χ0) is 13.7. The predicted molar refractivity (Wildman–Crippen MR) is 76.1 cm³/mol. The second-order valence-corrected chi connectivity index (χ2v) is 5.78. The molecule has 0 fully saturated rings. The molecule has 0 amide bonds. The van der Waals surface area contributed by atoms with Crippen LogP contribution in [0.2, 0.25) is 0 Å². The van der Waals surface area contributed by atoms with E-state index < -0.39 is 0 Å². The summed E-state index contributed by atoms with van der Waals surface area (Å²) in [6.07, 6.45) is 1.00. The van der Waals surface area contributed by atoms with Gasteiger partial charge < -0.3 is 10.1 Å². The maximum atomic E-state index is 5.09. The zero-order valence-corrected chi connectivity index (χ0v) is 12.6. The highest BCUT2D eigenvalue weighted by Gasteiger charge is 2.10. The lowest BCUT2D eigenvalue weighted by molar-refractivity contribution is 0.373. The minimum absolute atomic E-state index is 0.310. The van der Waals surface area contributed by atoms with Gasteiger partial charge in [0.15, 0.2) is 4.34 Å². The Bertz CT molecular complexity index is 546. The molecule has 0 aliphatic carbocycles.